The van der Waals surface area contributed by atoms with Crippen molar-refractivity contribution in [2.45, 2.75) is 44.9 Å². The molecule has 0 fully saturated rings. The van der Waals surface area contributed by atoms with Gasteiger partial charge in [0.15, 0.2) is 0 Å². The normalized spacial score (nSPS) is 12.8. The number of rotatable bonds is 9. The maximum atomic E-state index is 12.3. The Balaban J connectivity index is 2.53. The average molecular weight is 488 g/mol. The van der Waals surface area contributed by atoms with Crippen LogP contribution in [0.1, 0.15) is 37.9 Å². The first-order valence-electron chi connectivity index (χ1n) is 10.9. The molecular weight excluding hydrogens is 454 g/mol. The molecule has 0 spiro atoms. The highest BCUT2D eigenvalue weighted by atomic mass is 16.6. The Hall–Kier alpha value is -3.79. The van der Waals surface area contributed by atoms with Gasteiger partial charge in [-0.2, -0.15) is 0 Å². The zero-order valence-corrected chi connectivity index (χ0v) is 20.8. The fourth-order valence-electron chi connectivity index (χ4n) is 3.44. The molecule has 0 bridgehead atoms. The number of hydrogen-bond donors (Lipinski definition) is 3. The molecule has 2 rings (SSSR count). The molecule has 2 amide bonds. The molecule has 2 atom stereocenters. The molecule has 0 aliphatic carbocycles. The van der Waals surface area contributed by atoms with E-state index in [4.69, 9.17) is 30.4 Å². The maximum Gasteiger partial charge on any atom is 0.408 e. The Kier molecular flexibility index (Phi) is 9.07. The summed E-state index contributed by atoms with van der Waals surface area (Å²) in [7, 11) is 4.30. The number of amides is 2. The predicted molar refractivity (Wildman–Crippen MR) is 130 cm³/mol. The Morgan fingerprint density at radius 3 is 2.03 bits per heavy atom. The lowest BCUT2D eigenvalue weighted by Crippen LogP contribution is -2.40. The minimum atomic E-state index is -1.16. The molecule has 0 aliphatic heterocycles. The van der Waals surface area contributed by atoms with Crippen molar-refractivity contribution in [3.8, 4) is 22.6 Å². The van der Waals surface area contributed by atoms with Crippen LogP contribution in [0.15, 0.2) is 36.4 Å². The second-order valence-electron chi connectivity index (χ2n) is 8.81. The van der Waals surface area contributed by atoms with Gasteiger partial charge in [0, 0.05) is 11.1 Å². The second kappa shape index (κ2) is 11.6. The molecule has 0 heterocycles. The van der Waals surface area contributed by atoms with Crippen LogP contribution in [0, 0.1) is 0 Å². The molecule has 10 nitrogen and oxygen atoms in total. The predicted octanol–water partition coefficient (Wildman–Crippen LogP) is 2.46. The summed E-state index contributed by atoms with van der Waals surface area (Å²) in [6, 6.07) is 8.30. The fraction of sp³-hybridized carbons (Fsp3) is 0.400. The van der Waals surface area contributed by atoms with Crippen molar-refractivity contribution in [2.24, 2.45) is 11.5 Å². The number of hydrogen-bond acceptors (Lipinski definition) is 8. The van der Waals surface area contributed by atoms with Crippen molar-refractivity contribution in [2.75, 3.05) is 21.3 Å². The fourth-order valence-corrected chi connectivity index (χ4v) is 3.44. The van der Waals surface area contributed by atoms with Gasteiger partial charge < -0.3 is 35.7 Å². The van der Waals surface area contributed by atoms with E-state index in [1.165, 1.54) is 21.3 Å². The van der Waals surface area contributed by atoms with E-state index in [0.717, 1.165) is 5.56 Å². The van der Waals surface area contributed by atoms with Crippen molar-refractivity contribution in [3.63, 3.8) is 0 Å². The zero-order valence-electron chi connectivity index (χ0n) is 20.8. The standard InChI is InChI=1S/C25H33N3O7/c1-25(2,3)35-24(31)28-21(22(27)29)15-8-10-20(33-5)17(13-15)16-11-14(7-9-19(16)32-4)12-18(26)23(30)34-6/h7-11,13,18,21H,12,26H2,1-6H3,(H2,27,29)(H,28,31)/t18?,21-/m0/s1. The molecule has 0 saturated heterocycles. The lowest BCUT2D eigenvalue weighted by Gasteiger charge is -2.23. The summed E-state index contributed by atoms with van der Waals surface area (Å²) in [4.78, 5) is 36.3. The molecule has 0 radical (unpaired) electrons. The number of nitrogens with one attached hydrogen (secondary N) is 1. The SMILES string of the molecule is COC(=O)C(N)Cc1ccc(OC)c(-c2cc([C@H](NC(=O)OC(C)(C)C)C(N)=O)ccc2OC)c1. The average Bonchev–Trinajstić information content (AvgIpc) is 2.80. The lowest BCUT2D eigenvalue weighted by molar-refractivity contribution is -0.142. The van der Waals surface area contributed by atoms with Gasteiger partial charge in [-0.25, -0.2) is 4.79 Å². The van der Waals surface area contributed by atoms with E-state index in [1.807, 2.05) is 6.07 Å². The van der Waals surface area contributed by atoms with Crippen LogP contribution in [-0.2, 0) is 25.5 Å². The van der Waals surface area contributed by atoms with Crippen LogP contribution in [-0.4, -0.2) is 50.9 Å². The van der Waals surface area contributed by atoms with Crippen LogP contribution >= 0.6 is 0 Å². The van der Waals surface area contributed by atoms with Crippen molar-refractivity contribution in [1.29, 1.82) is 0 Å². The van der Waals surface area contributed by atoms with Gasteiger partial charge in [0.1, 0.15) is 29.2 Å². The Labute approximate surface area is 204 Å². The Morgan fingerprint density at radius 1 is 0.943 bits per heavy atom. The highest BCUT2D eigenvalue weighted by Gasteiger charge is 2.26. The smallest absolute Gasteiger partial charge is 0.408 e. The number of esters is 1. The third-order valence-corrected chi connectivity index (χ3v) is 5.02. The van der Waals surface area contributed by atoms with Crippen molar-refractivity contribution < 1.29 is 33.3 Å². The number of carbonyl (C=O) groups excluding carboxylic acids is 3. The quantitative estimate of drug-likeness (QED) is 0.456. The van der Waals surface area contributed by atoms with Gasteiger partial charge in [-0.15, -0.1) is 0 Å². The van der Waals surface area contributed by atoms with Crippen LogP contribution in [0.2, 0.25) is 0 Å². The van der Waals surface area contributed by atoms with Gasteiger partial charge in [-0.1, -0.05) is 12.1 Å². The van der Waals surface area contributed by atoms with Gasteiger partial charge in [0.25, 0.3) is 0 Å². The topological polar surface area (TPSA) is 152 Å². The van der Waals surface area contributed by atoms with Crippen LogP contribution in [0.3, 0.4) is 0 Å². The summed E-state index contributed by atoms with van der Waals surface area (Å²) in [6.45, 7) is 5.13. The highest BCUT2D eigenvalue weighted by Crippen LogP contribution is 2.39. The first-order chi connectivity index (χ1) is 16.4. The zero-order chi connectivity index (χ0) is 26.3. The van der Waals surface area contributed by atoms with Crippen LogP contribution in [0.4, 0.5) is 4.79 Å². The monoisotopic (exact) mass is 487 g/mol. The molecule has 10 heteroatoms. The summed E-state index contributed by atoms with van der Waals surface area (Å²) in [6.07, 6.45) is -0.550. The van der Waals surface area contributed by atoms with Crippen LogP contribution < -0.4 is 26.3 Å². The first-order valence-corrected chi connectivity index (χ1v) is 10.9. The molecule has 1 unspecified atom stereocenters. The number of nitrogens with two attached hydrogens (primary N) is 2. The number of carbonyl (C=O) groups is 3. The van der Waals surface area contributed by atoms with Crippen LogP contribution in [0.25, 0.3) is 11.1 Å². The third-order valence-electron chi connectivity index (χ3n) is 5.02. The molecular formula is C25H33N3O7. The van der Waals surface area contributed by atoms with E-state index in [-0.39, 0.29) is 6.42 Å². The van der Waals surface area contributed by atoms with Crippen LogP contribution in [0.5, 0.6) is 11.5 Å². The highest BCUT2D eigenvalue weighted by molar-refractivity contribution is 5.87. The van der Waals surface area contributed by atoms with E-state index in [0.29, 0.717) is 28.2 Å². The van der Waals surface area contributed by atoms with Gasteiger partial charge in [-0.3, -0.25) is 9.59 Å². The molecule has 0 aromatic heterocycles. The largest absolute Gasteiger partial charge is 0.496 e. The van der Waals surface area contributed by atoms with Gasteiger partial charge >= 0.3 is 12.1 Å². The summed E-state index contributed by atoms with van der Waals surface area (Å²) in [5.74, 6) is -0.287. The number of primary amides is 1. The van der Waals surface area contributed by atoms with E-state index in [9.17, 15) is 14.4 Å². The molecule has 5 N–H and O–H groups in total. The van der Waals surface area contributed by atoms with E-state index in [2.05, 4.69) is 5.32 Å². The van der Waals surface area contributed by atoms with Gasteiger partial charge in [-0.05, 0) is 62.6 Å². The second-order valence-corrected chi connectivity index (χ2v) is 8.81. The minimum Gasteiger partial charge on any atom is -0.496 e. The first kappa shape index (κ1) is 27.5. The van der Waals surface area contributed by atoms with E-state index in [1.54, 1.807) is 51.1 Å². The molecule has 0 saturated carbocycles. The van der Waals surface area contributed by atoms with E-state index >= 15 is 0 Å². The maximum absolute atomic E-state index is 12.3. The third kappa shape index (κ3) is 7.35. The molecule has 190 valence electrons. The van der Waals surface area contributed by atoms with Crippen molar-refractivity contribution >= 4 is 18.0 Å². The molecule has 2 aromatic rings. The Morgan fingerprint density at radius 2 is 1.51 bits per heavy atom. The van der Waals surface area contributed by atoms with Gasteiger partial charge in [0.05, 0.1) is 21.3 Å². The summed E-state index contributed by atoms with van der Waals surface area (Å²) >= 11 is 0. The lowest BCUT2D eigenvalue weighted by atomic mass is 9.95. The summed E-state index contributed by atoms with van der Waals surface area (Å²) < 4.78 is 21.0. The summed E-state index contributed by atoms with van der Waals surface area (Å²) in [5, 5.41) is 2.51. The van der Waals surface area contributed by atoms with Gasteiger partial charge in [0.2, 0.25) is 5.91 Å². The number of ether oxygens (including phenoxy) is 4. The minimum absolute atomic E-state index is 0.232. The van der Waals surface area contributed by atoms with E-state index < -0.39 is 35.7 Å². The molecule has 0 aliphatic rings. The van der Waals surface area contributed by atoms with Crippen molar-refractivity contribution in [1.82, 2.24) is 5.32 Å². The summed E-state index contributed by atoms with van der Waals surface area (Å²) in [5.41, 5.74) is 13.1. The Bertz CT molecular complexity index is 1080. The number of alkyl carbamates (subject to hydrolysis) is 1. The molecule has 2 aromatic carbocycles. The molecule has 35 heavy (non-hydrogen) atoms. The van der Waals surface area contributed by atoms with Crippen molar-refractivity contribution in [3.05, 3.63) is 47.5 Å². The number of methoxy groups -OCH3 is 3. The number of benzene rings is 2.